The van der Waals surface area contributed by atoms with Gasteiger partial charge in [-0.05, 0) is 41.8 Å². The van der Waals surface area contributed by atoms with Crippen molar-refractivity contribution in [3.8, 4) is 0 Å². The number of unbranched alkanes of at least 4 members (excludes halogenated alkanes) is 1. The third-order valence-corrected chi connectivity index (χ3v) is 4.90. The molecule has 1 aliphatic carbocycles. The maximum absolute atomic E-state index is 14.4. The zero-order valence-corrected chi connectivity index (χ0v) is 14.3. The largest absolute Gasteiger partial charge is 0.334 e. The van der Waals surface area contributed by atoms with Gasteiger partial charge in [0.15, 0.2) is 0 Å². The first kappa shape index (κ1) is 16.1. The predicted octanol–water partition coefficient (Wildman–Crippen LogP) is 4.62. The summed E-state index contributed by atoms with van der Waals surface area (Å²) in [7, 11) is 0. The second-order valence-electron chi connectivity index (χ2n) is 6.76. The molecule has 0 amide bonds. The highest BCUT2D eigenvalue weighted by Crippen LogP contribution is 2.36. The van der Waals surface area contributed by atoms with Crippen LogP contribution in [-0.2, 0) is 0 Å². The van der Waals surface area contributed by atoms with E-state index in [0.29, 0.717) is 5.22 Å². The fourth-order valence-corrected chi connectivity index (χ4v) is 3.75. The molecule has 0 bridgehead atoms. The SMILES string of the molecule is CCCCC1=CC=c2ccc3c(c21)N(c1ccccc1)CC(F)(F)C=3. The van der Waals surface area contributed by atoms with Crippen LogP contribution in [0.1, 0.15) is 31.7 Å². The summed E-state index contributed by atoms with van der Waals surface area (Å²) in [6.45, 7) is 1.85. The number of anilines is 2. The number of hydrogen-bond donors (Lipinski definition) is 0. The summed E-state index contributed by atoms with van der Waals surface area (Å²) in [6.07, 6.45) is 8.59. The lowest BCUT2D eigenvalue weighted by molar-refractivity contribution is 0.0813. The van der Waals surface area contributed by atoms with Crippen molar-refractivity contribution >= 4 is 29.1 Å². The van der Waals surface area contributed by atoms with E-state index >= 15 is 0 Å². The predicted molar refractivity (Wildman–Crippen MR) is 101 cm³/mol. The zero-order valence-electron chi connectivity index (χ0n) is 14.3. The lowest BCUT2D eigenvalue weighted by Gasteiger charge is -2.34. The van der Waals surface area contributed by atoms with Gasteiger partial charge in [-0.1, -0.05) is 55.8 Å². The van der Waals surface area contributed by atoms with Gasteiger partial charge in [0, 0.05) is 16.5 Å². The van der Waals surface area contributed by atoms with Gasteiger partial charge in [0.1, 0.15) is 0 Å². The van der Waals surface area contributed by atoms with Gasteiger partial charge in [0.25, 0.3) is 5.92 Å². The maximum Gasteiger partial charge on any atom is 0.284 e. The minimum absolute atomic E-state index is 0.318. The van der Waals surface area contributed by atoms with Crippen molar-refractivity contribution < 1.29 is 8.78 Å². The molecule has 0 radical (unpaired) electrons. The smallest absolute Gasteiger partial charge is 0.284 e. The highest BCUT2D eigenvalue weighted by Gasteiger charge is 2.35. The minimum atomic E-state index is -2.84. The molecule has 25 heavy (non-hydrogen) atoms. The molecule has 4 rings (SSSR count). The Hall–Kier alpha value is -2.42. The van der Waals surface area contributed by atoms with Crippen LogP contribution >= 0.6 is 0 Å². The second-order valence-corrected chi connectivity index (χ2v) is 6.76. The molecule has 1 heterocycles. The van der Waals surface area contributed by atoms with Crippen LogP contribution in [-0.4, -0.2) is 12.5 Å². The Bertz CT molecular complexity index is 942. The van der Waals surface area contributed by atoms with Gasteiger partial charge in [-0.3, -0.25) is 0 Å². The molecule has 0 unspecified atom stereocenters. The van der Waals surface area contributed by atoms with E-state index in [2.05, 4.69) is 19.1 Å². The van der Waals surface area contributed by atoms with Crippen molar-refractivity contribution in [3.05, 3.63) is 64.5 Å². The number of para-hydroxylation sites is 1. The van der Waals surface area contributed by atoms with Crippen LogP contribution in [0, 0.1) is 0 Å². The van der Waals surface area contributed by atoms with E-state index in [-0.39, 0.29) is 6.54 Å². The van der Waals surface area contributed by atoms with Crippen molar-refractivity contribution in [1.29, 1.82) is 0 Å². The van der Waals surface area contributed by atoms with Crippen LogP contribution in [0.4, 0.5) is 20.2 Å². The van der Waals surface area contributed by atoms with Crippen molar-refractivity contribution in [2.45, 2.75) is 32.1 Å². The van der Waals surface area contributed by atoms with Crippen molar-refractivity contribution in [1.82, 2.24) is 0 Å². The van der Waals surface area contributed by atoms with Crippen molar-refractivity contribution in [2.75, 3.05) is 11.4 Å². The molecular formula is C22H21F2N. The Morgan fingerprint density at radius 1 is 1.00 bits per heavy atom. The number of alkyl halides is 2. The second kappa shape index (κ2) is 6.14. The van der Waals surface area contributed by atoms with E-state index in [4.69, 9.17) is 0 Å². The van der Waals surface area contributed by atoms with Gasteiger partial charge in [0.2, 0.25) is 0 Å². The molecule has 2 aromatic carbocycles. The lowest BCUT2D eigenvalue weighted by atomic mass is 9.95. The number of rotatable bonds is 4. The Kier molecular flexibility index (Phi) is 3.95. The summed E-state index contributed by atoms with van der Waals surface area (Å²) in [5.74, 6) is -2.84. The quantitative estimate of drug-likeness (QED) is 0.787. The first-order chi connectivity index (χ1) is 12.1. The van der Waals surface area contributed by atoms with E-state index in [0.717, 1.165) is 47.5 Å². The van der Waals surface area contributed by atoms with Crippen LogP contribution in [0.3, 0.4) is 0 Å². The first-order valence-electron chi connectivity index (χ1n) is 8.87. The molecular weight excluding hydrogens is 316 g/mol. The molecule has 0 spiro atoms. The number of halogens is 2. The van der Waals surface area contributed by atoms with Gasteiger partial charge in [-0.25, -0.2) is 0 Å². The van der Waals surface area contributed by atoms with Crippen LogP contribution in [0.2, 0.25) is 0 Å². The molecule has 0 aromatic heterocycles. The van der Waals surface area contributed by atoms with Gasteiger partial charge < -0.3 is 4.90 Å². The van der Waals surface area contributed by atoms with E-state index < -0.39 is 5.92 Å². The standard InChI is InChI=1S/C22H21F2N/c1-2-3-7-16-10-11-17-12-13-18-14-22(23,24)15-25(21(18)20(16)17)19-8-5-4-6-9-19/h4-6,8-14H,2-3,7,15H2,1H3. The van der Waals surface area contributed by atoms with Crippen molar-refractivity contribution in [3.63, 3.8) is 0 Å². The fraction of sp³-hybridized carbons (Fsp3) is 0.273. The topological polar surface area (TPSA) is 3.24 Å². The Morgan fingerprint density at radius 2 is 1.76 bits per heavy atom. The highest BCUT2D eigenvalue weighted by molar-refractivity contribution is 5.88. The Morgan fingerprint density at radius 3 is 2.52 bits per heavy atom. The van der Waals surface area contributed by atoms with Crippen LogP contribution in [0.5, 0.6) is 0 Å². The number of nitrogens with zero attached hydrogens (tertiary/aromatic N) is 1. The average Bonchev–Trinajstić information content (AvgIpc) is 3.02. The molecule has 2 aromatic rings. The van der Waals surface area contributed by atoms with Gasteiger partial charge in [0.05, 0.1) is 12.2 Å². The summed E-state index contributed by atoms with van der Waals surface area (Å²) in [5.41, 5.74) is 4.12. The van der Waals surface area contributed by atoms with Gasteiger partial charge >= 0.3 is 0 Å². The van der Waals surface area contributed by atoms with E-state index in [1.54, 1.807) is 4.90 Å². The Labute approximate surface area is 146 Å². The number of benzene rings is 2. The summed E-state index contributed by atoms with van der Waals surface area (Å²) in [6, 6.07) is 13.3. The van der Waals surface area contributed by atoms with E-state index in [1.807, 2.05) is 42.5 Å². The highest BCUT2D eigenvalue weighted by atomic mass is 19.3. The maximum atomic E-state index is 14.4. The third kappa shape index (κ3) is 2.88. The first-order valence-corrected chi connectivity index (χ1v) is 8.87. The molecule has 3 heteroatoms. The number of fused-ring (bicyclic) bond motifs is 3. The number of allylic oxidation sites excluding steroid dienone is 2. The summed E-state index contributed by atoms with van der Waals surface area (Å²) >= 11 is 0. The summed E-state index contributed by atoms with van der Waals surface area (Å²) < 4.78 is 28.7. The molecule has 0 fully saturated rings. The summed E-state index contributed by atoms with van der Waals surface area (Å²) in [4.78, 5) is 1.78. The summed E-state index contributed by atoms with van der Waals surface area (Å²) in [5, 5.41) is 1.75. The minimum Gasteiger partial charge on any atom is -0.334 e. The monoisotopic (exact) mass is 337 g/mol. The van der Waals surface area contributed by atoms with Crippen LogP contribution < -0.4 is 15.3 Å². The molecule has 0 saturated carbocycles. The van der Waals surface area contributed by atoms with E-state index in [9.17, 15) is 8.78 Å². The molecule has 0 N–H and O–H groups in total. The molecule has 2 aliphatic rings. The average molecular weight is 337 g/mol. The van der Waals surface area contributed by atoms with Gasteiger partial charge in [-0.2, -0.15) is 8.78 Å². The lowest BCUT2D eigenvalue weighted by Crippen LogP contribution is -2.42. The molecule has 0 saturated heterocycles. The van der Waals surface area contributed by atoms with Crippen molar-refractivity contribution in [2.24, 2.45) is 0 Å². The Balaban J connectivity index is 1.93. The molecule has 128 valence electrons. The molecule has 1 nitrogen and oxygen atoms in total. The van der Waals surface area contributed by atoms with Gasteiger partial charge in [-0.15, -0.1) is 0 Å². The molecule has 0 atom stereocenters. The third-order valence-electron chi connectivity index (χ3n) is 4.90. The van der Waals surface area contributed by atoms with Crippen LogP contribution in [0.25, 0.3) is 17.7 Å². The normalized spacial score (nSPS) is 17.2. The van der Waals surface area contributed by atoms with E-state index in [1.165, 1.54) is 5.57 Å². The number of hydrogen-bond acceptors (Lipinski definition) is 1. The van der Waals surface area contributed by atoms with Crippen LogP contribution in [0.15, 0.2) is 48.5 Å². The molecule has 1 aliphatic heterocycles. The zero-order chi connectivity index (χ0) is 17.4. The fourth-order valence-electron chi connectivity index (χ4n) is 3.75.